The van der Waals surface area contributed by atoms with Crippen molar-refractivity contribution in [1.82, 2.24) is 19.7 Å². The summed E-state index contributed by atoms with van der Waals surface area (Å²) in [6, 6.07) is 7.53. The molecule has 10 heteroatoms. The van der Waals surface area contributed by atoms with E-state index in [2.05, 4.69) is 15.3 Å². The Bertz CT molecular complexity index is 1350. The van der Waals surface area contributed by atoms with Gasteiger partial charge in [0, 0.05) is 11.8 Å². The molecular weight excluding hydrogens is 430 g/mol. The fourth-order valence-electron chi connectivity index (χ4n) is 3.62. The number of anilines is 2. The second-order valence-electron chi connectivity index (χ2n) is 8.00. The molecular formula is C23H22F2N6O2. The van der Waals surface area contributed by atoms with Gasteiger partial charge in [-0.2, -0.15) is 5.10 Å². The van der Waals surface area contributed by atoms with Crippen molar-refractivity contribution in [2.24, 2.45) is 0 Å². The number of amides is 1. The fourth-order valence-corrected chi connectivity index (χ4v) is 3.62. The summed E-state index contributed by atoms with van der Waals surface area (Å²) in [6.07, 6.45) is -0.340. The van der Waals surface area contributed by atoms with Crippen LogP contribution in [-0.2, 0) is 4.79 Å². The van der Waals surface area contributed by atoms with Crippen LogP contribution in [0.25, 0.3) is 16.7 Å². The van der Waals surface area contributed by atoms with Crippen molar-refractivity contribution in [3.8, 4) is 5.69 Å². The van der Waals surface area contributed by atoms with E-state index in [1.807, 2.05) is 20.8 Å². The van der Waals surface area contributed by atoms with Gasteiger partial charge in [-0.15, -0.1) is 0 Å². The lowest BCUT2D eigenvalue weighted by atomic mass is 10.1. The Kier molecular flexibility index (Phi) is 5.77. The average molecular weight is 452 g/mol. The standard InChI is InChI=1S/C23H22F2N6O2/c1-11(2)18-19-20(22(26)28-10-27-19)31(30-18)17-5-4-16(6-12(17)3)29-23(33)21(32)13-7-14(24)9-15(25)8-13/h4-11,21,32H,1-3H3,(H,29,33)(H2,26,27,28). The number of aliphatic hydroxyl groups excluding tert-OH is 1. The highest BCUT2D eigenvalue weighted by Gasteiger charge is 2.21. The number of carbonyl (C=O) groups excluding carboxylic acids is 1. The molecule has 4 N–H and O–H groups in total. The maximum Gasteiger partial charge on any atom is 0.257 e. The molecule has 33 heavy (non-hydrogen) atoms. The largest absolute Gasteiger partial charge is 0.382 e. The van der Waals surface area contributed by atoms with Crippen molar-refractivity contribution < 1.29 is 18.7 Å². The molecule has 0 bridgehead atoms. The highest BCUT2D eigenvalue weighted by molar-refractivity contribution is 5.95. The lowest BCUT2D eigenvalue weighted by molar-refractivity contribution is -0.124. The monoisotopic (exact) mass is 452 g/mol. The van der Waals surface area contributed by atoms with Crippen LogP contribution in [0.2, 0.25) is 0 Å². The van der Waals surface area contributed by atoms with Gasteiger partial charge in [0.1, 0.15) is 29.0 Å². The van der Waals surface area contributed by atoms with Crippen LogP contribution in [0.15, 0.2) is 42.7 Å². The Morgan fingerprint density at radius 1 is 1.12 bits per heavy atom. The number of nitrogens with two attached hydrogens (primary N) is 1. The van der Waals surface area contributed by atoms with Gasteiger partial charge in [0.05, 0.1) is 11.4 Å². The van der Waals surface area contributed by atoms with Crippen LogP contribution in [0.4, 0.5) is 20.3 Å². The van der Waals surface area contributed by atoms with E-state index in [9.17, 15) is 18.7 Å². The van der Waals surface area contributed by atoms with E-state index in [4.69, 9.17) is 10.8 Å². The normalized spacial score (nSPS) is 12.3. The molecule has 8 nitrogen and oxygen atoms in total. The molecule has 0 fully saturated rings. The van der Waals surface area contributed by atoms with Gasteiger partial charge in [-0.3, -0.25) is 4.79 Å². The first kappa shape index (κ1) is 22.3. The summed E-state index contributed by atoms with van der Waals surface area (Å²) in [6.45, 7) is 5.84. The van der Waals surface area contributed by atoms with Gasteiger partial charge in [-0.1, -0.05) is 13.8 Å². The van der Waals surface area contributed by atoms with Crippen LogP contribution < -0.4 is 11.1 Å². The molecule has 2 aromatic heterocycles. The van der Waals surface area contributed by atoms with Gasteiger partial charge in [0.2, 0.25) is 0 Å². The molecule has 1 amide bonds. The molecule has 2 aromatic carbocycles. The molecule has 1 unspecified atom stereocenters. The highest BCUT2D eigenvalue weighted by Crippen LogP contribution is 2.30. The van der Waals surface area contributed by atoms with Crippen LogP contribution >= 0.6 is 0 Å². The number of aromatic nitrogens is 4. The maximum absolute atomic E-state index is 13.4. The first-order valence-electron chi connectivity index (χ1n) is 10.2. The topological polar surface area (TPSA) is 119 Å². The van der Waals surface area contributed by atoms with Gasteiger partial charge in [-0.05, 0) is 54.3 Å². The van der Waals surface area contributed by atoms with Gasteiger partial charge in [-0.25, -0.2) is 23.4 Å². The molecule has 2 heterocycles. The number of aliphatic hydroxyl groups is 1. The number of rotatable bonds is 5. The van der Waals surface area contributed by atoms with Crippen LogP contribution in [-0.4, -0.2) is 30.8 Å². The summed E-state index contributed by atoms with van der Waals surface area (Å²) >= 11 is 0. The van der Waals surface area contributed by atoms with E-state index in [1.54, 1.807) is 22.9 Å². The molecule has 4 aromatic rings. The van der Waals surface area contributed by atoms with Crippen LogP contribution in [0.5, 0.6) is 0 Å². The van der Waals surface area contributed by atoms with Crippen molar-refractivity contribution in [3.63, 3.8) is 0 Å². The number of benzene rings is 2. The zero-order valence-corrected chi connectivity index (χ0v) is 18.2. The number of nitrogens with one attached hydrogen (secondary N) is 1. The minimum atomic E-state index is -1.74. The van der Waals surface area contributed by atoms with E-state index < -0.39 is 23.6 Å². The summed E-state index contributed by atoms with van der Waals surface area (Å²) in [4.78, 5) is 20.9. The molecule has 0 spiro atoms. The molecule has 0 aliphatic rings. The van der Waals surface area contributed by atoms with Gasteiger partial charge < -0.3 is 16.2 Å². The van der Waals surface area contributed by atoms with E-state index in [-0.39, 0.29) is 11.5 Å². The number of nitrogens with zero attached hydrogens (tertiary/aromatic N) is 4. The second kappa shape index (κ2) is 8.55. The molecule has 1 atom stereocenters. The molecule has 0 aliphatic carbocycles. The lowest BCUT2D eigenvalue weighted by Crippen LogP contribution is -2.21. The molecule has 4 rings (SSSR count). The number of fused-ring (bicyclic) bond motifs is 1. The number of hydrogen-bond acceptors (Lipinski definition) is 6. The first-order chi connectivity index (χ1) is 15.7. The lowest BCUT2D eigenvalue weighted by Gasteiger charge is -2.14. The minimum absolute atomic E-state index is 0.107. The smallest absolute Gasteiger partial charge is 0.257 e. The van der Waals surface area contributed by atoms with Crippen molar-refractivity contribution in [3.05, 3.63) is 71.2 Å². The van der Waals surface area contributed by atoms with E-state index in [0.29, 0.717) is 34.3 Å². The zero-order chi connectivity index (χ0) is 23.9. The first-order valence-corrected chi connectivity index (χ1v) is 10.2. The number of nitrogen functional groups attached to an aromatic ring is 1. The maximum atomic E-state index is 13.4. The van der Waals surface area contributed by atoms with Gasteiger partial charge in [0.25, 0.3) is 5.91 Å². The predicted octanol–water partition coefficient (Wildman–Crippen LogP) is 3.78. The summed E-state index contributed by atoms with van der Waals surface area (Å²) < 4.78 is 28.5. The van der Waals surface area contributed by atoms with Crippen molar-refractivity contribution in [2.45, 2.75) is 32.8 Å². The summed E-state index contributed by atoms with van der Waals surface area (Å²) in [7, 11) is 0. The fraction of sp³-hybridized carbons (Fsp3) is 0.217. The minimum Gasteiger partial charge on any atom is -0.382 e. The van der Waals surface area contributed by atoms with Crippen molar-refractivity contribution >= 4 is 28.4 Å². The Balaban J connectivity index is 1.65. The van der Waals surface area contributed by atoms with Gasteiger partial charge >= 0.3 is 0 Å². The van der Waals surface area contributed by atoms with Crippen molar-refractivity contribution in [1.29, 1.82) is 0 Å². The Morgan fingerprint density at radius 3 is 2.45 bits per heavy atom. The van der Waals surface area contributed by atoms with Crippen molar-refractivity contribution in [2.75, 3.05) is 11.1 Å². The average Bonchev–Trinajstić information content (AvgIpc) is 3.13. The Labute approximate surface area is 188 Å². The second-order valence-corrected chi connectivity index (χ2v) is 8.00. The molecule has 170 valence electrons. The summed E-state index contributed by atoms with van der Waals surface area (Å²) in [5.41, 5.74) is 9.81. The van der Waals surface area contributed by atoms with Gasteiger partial charge in [0.15, 0.2) is 11.9 Å². The third kappa shape index (κ3) is 4.24. The Hall–Kier alpha value is -3.92. The van der Waals surface area contributed by atoms with E-state index in [1.165, 1.54) is 6.33 Å². The quantitative estimate of drug-likeness (QED) is 0.424. The number of hydrogen-bond donors (Lipinski definition) is 3. The van der Waals surface area contributed by atoms with E-state index >= 15 is 0 Å². The third-order valence-corrected chi connectivity index (χ3v) is 5.20. The number of aryl methyl sites for hydroxylation is 1. The Morgan fingerprint density at radius 2 is 1.82 bits per heavy atom. The zero-order valence-electron chi connectivity index (χ0n) is 18.2. The summed E-state index contributed by atoms with van der Waals surface area (Å²) in [5.74, 6) is -2.19. The van der Waals surface area contributed by atoms with Crippen LogP contribution in [0.3, 0.4) is 0 Å². The number of carbonyl (C=O) groups is 1. The number of halogens is 2. The molecule has 0 radical (unpaired) electrons. The van der Waals surface area contributed by atoms with E-state index in [0.717, 1.165) is 23.4 Å². The predicted molar refractivity (Wildman–Crippen MR) is 120 cm³/mol. The van der Waals surface area contributed by atoms with Crippen LogP contribution in [0, 0.1) is 18.6 Å². The SMILES string of the molecule is Cc1cc(NC(=O)C(O)c2cc(F)cc(F)c2)ccc1-n1nc(C(C)C)c2ncnc(N)c21. The summed E-state index contributed by atoms with van der Waals surface area (Å²) in [5, 5.41) is 17.5. The highest BCUT2D eigenvalue weighted by atomic mass is 19.1. The van der Waals surface area contributed by atoms with Crippen LogP contribution in [0.1, 0.15) is 42.7 Å². The molecule has 0 saturated carbocycles. The molecule has 0 aliphatic heterocycles. The third-order valence-electron chi connectivity index (χ3n) is 5.20. The molecule has 0 saturated heterocycles.